The van der Waals surface area contributed by atoms with E-state index in [2.05, 4.69) is 0 Å². The lowest BCUT2D eigenvalue weighted by atomic mass is 9.96. The van der Waals surface area contributed by atoms with Gasteiger partial charge in [-0.2, -0.15) is 0 Å². The summed E-state index contributed by atoms with van der Waals surface area (Å²) in [4.78, 5) is 45.3. The molecule has 0 spiro atoms. The fourth-order valence-corrected chi connectivity index (χ4v) is 2.44. The second-order valence-corrected chi connectivity index (χ2v) is 4.87. The molecule has 120 valence electrons. The Labute approximate surface area is 129 Å². The van der Waals surface area contributed by atoms with Gasteiger partial charge in [0, 0.05) is 12.1 Å². The van der Waals surface area contributed by atoms with Crippen LogP contribution in [0.1, 0.15) is 18.5 Å². The normalized spacial score (nSPS) is 17.5. The summed E-state index contributed by atoms with van der Waals surface area (Å²) in [6.45, 7) is 0.293. The molecule has 1 heterocycles. The van der Waals surface area contributed by atoms with E-state index in [1.165, 1.54) is 12.1 Å². The van der Waals surface area contributed by atoms with E-state index in [0.29, 0.717) is 0 Å². The number of ketones is 1. The van der Waals surface area contributed by atoms with Crippen molar-refractivity contribution in [1.29, 1.82) is 0 Å². The van der Waals surface area contributed by atoms with Crippen molar-refractivity contribution < 1.29 is 29.5 Å². The maximum atomic E-state index is 12.0. The maximum absolute atomic E-state index is 12.0. The number of carbonyl (C=O) groups is 3. The van der Waals surface area contributed by atoms with Crippen LogP contribution in [0.25, 0.3) is 0 Å². The molecule has 9 nitrogen and oxygen atoms in total. The van der Waals surface area contributed by atoms with Crippen molar-refractivity contribution >= 4 is 23.3 Å². The van der Waals surface area contributed by atoms with Gasteiger partial charge in [0.2, 0.25) is 0 Å². The first-order valence-electron chi connectivity index (χ1n) is 6.43. The molecule has 0 saturated carbocycles. The van der Waals surface area contributed by atoms with Crippen molar-refractivity contribution in [3.05, 3.63) is 51.3 Å². The number of Topliss-reactive ketones (excluding diaryl/α,β-unsaturated/α-hetero) is 1. The molecular formula is C14H11N2O7-. The van der Waals surface area contributed by atoms with E-state index in [1.54, 1.807) is 0 Å². The average Bonchev–Trinajstić information content (AvgIpc) is 2.71. The van der Waals surface area contributed by atoms with Gasteiger partial charge >= 0.3 is 0 Å². The van der Waals surface area contributed by atoms with E-state index < -0.39 is 40.9 Å². The molecule has 0 saturated heterocycles. The van der Waals surface area contributed by atoms with Gasteiger partial charge in [0.25, 0.3) is 11.6 Å². The van der Waals surface area contributed by atoms with Gasteiger partial charge in [-0.15, -0.1) is 0 Å². The number of nitro benzene ring substituents is 1. The number of carboxylic acids is 1. The first kappa shape index (κ1) is 16.1. The van der Waals surface area contributed by atoms with Crippen molar-refractivity contribution in [2.45, 2.75) is 13.0 Å². The van der Waals surface area contributed by atoms with Gasteiger partial charge < -0.3 is 19.9 Å². The van der Waals surface area contributed by atoms with Crippen LogP contribution >= 0.6 is 0 Å². The molecule has 0 aromatic heterocycles. The van der Waals surface area contributed by atoms with Crippen molar-refractivity contribution in [2.24, 2.45) is 0 Å². The number of aliphatic hydroxyl groups excluding tert-OH is 1. The van der Waals surface area contributed by atoms with Gasteiger partial charge in [0.1, 0.15) is 0 Å². The Hall–Kier alpha value is -3.23. The number of benzene rings is 1. The zero-order valence-electron chi connectivity index (χ0n) is 11.9. The minimum absolute atomic E-state index is 0.206. The summed E-state index contributed by atoms with van der Waals surface area (Å²) in [5.74, 6) is -4.02. The summed E-state index contributed by atoms with van der Waals surface area (Å²) in [7, 11) is 0. The number of hydrogen-bond acceptors (Lipinski definition) is 7. The average molecular weight is 319 g/mol. The lowest BCUT2D eigenvalue weighted by Gasteiger charge is -2.26. The highest BCUT2D eigenvalue weighted by atomic mass is 16.6. The number of carboxylic acid groups (broad SMARTS) is 1. The Kier molecular flexibility index (Phi) is 4.12. The fraction of sp³-hybridized carbons (Fsp3) is 0.214. The number of aliphatic hydroxyl groups is 1. The number of amides is 1. The molecule has 1 aliphatic rings. The van der Waals surface area contributed by atoms with E-state index in [4.69, 9.17) is 0 Å². The molecule has 1 N–H and O–H groups in total. The van der Waals surface area contributed by atoms with Crippen molar-refractivity contribution in [2.75, 3.05) is 6.54 Å². The van der Waals surface area contributed by atoms with Crippen LogP contribution in [-0.4, -0.2) is 39.1 Å². The molecule has 1 atom stereocenters. The summed E-state index contributed by atoms with van der Waals surface area (Å²) in [6, 6.07) is 3.76. The molecule has 0 aliphatic carbocycles. The smallest absolute Gasteiger partial charge is 0.290 e. The first-order chi connectivity index (χ1) is 10.7. The molecule has 0 unspecified atom stereocenters. The van der Waals surface area contributed by atoms with Crippen molar-refractivity contribution in [3.8, 4) is 0 Å². The van der Waals surface area contributed by atoms with E-state index in [1.807, 2.05) is 0 Å². The third-order valence-corrected chi connectivity index (χ3v) is 3.40. The largest absolute Gasteiger partial charge is 0.548 e. The highest BCUT2D eigenvalue weighted by Gasteiger charge is 2.42. The van der Waals surface area contributed by atoms with E-state index >= 15 is 0 Å². The zero-order valence-corrected chi connectivity index (χ0v) is 11.9. The summed E-state index contributed by atoms with van der Waals surface area (Å²) < 4.78 is 0. The highest BCUT2D eigenvalue weighted by Crippen LogP contribution is 2.37. The molecule has 0 radical (unpaired) electrons. The number of nitrogens with zero attached hydrogens (tertiary/aromatic N) is 2. The monoisotopic (exact) mass is 319 g/mol. The van der Waals surface area contributed by atoms with Crippen LogP contribution in [0.4, 0.5) is 5.69 Å². The molecule has 0 bridgehead atoms. The van der Waals surface area contributed by atoms with Crippen molar-refractivity contribution in [3.63, 3.8) is 0 Å². The van der Waals surface area contributed by atoms with Crippen LogP contribution in [-0.2, 0) is 14.4 Å². The quantitative estimate of drug-likeness (QED) is 0.576. The minimum atomic E-state index is -1.57. The topological polar surface area (TPSA) is 141 Å². The summed E-state index contributed by atoms with van der Waals surface area (Å²) in [5.41, 5.74) is -0.202. The summed E-state index contributed by atoms with van der Waals surface area (Å²) in [6.07, 6.45) is 0. The molecule has 2 rings (SSSR count). The summed E-state index contributed by atoms with van der Waals surface area (Å²) in [5, 5.41) is 31.3. The molecule has 1 aliphatic heterocycles. The standard InChI is InChI=1S/C14H12N2O7/c1-7(17)11-12(8-2-4-9(5-3-8)16(22)23)15(6-10(18)19)14(21)13(11)20/h2-5,12,20H,6H2,1H3,(H,18,19)/p-1/t12-/m1/s1. The van der Waals surface area contributed by atoms with E-state index in [0.717, 1.165) is 24.0 Å². The lowest BCUT2D eigenvalue weighted by molar-refractivity contribution is -0.384. The molecule has 1 amide bonds. The third kappa shape index (κ3) is 2.89. The Morgan fingerprint density at radius 3 is 2.30 bits per heavy atom. The maximum Gasteiger partial charge on any atom is 0.290 e. The van der Waals surface area contributed by atoms with Gasteiger partial charge in [0.05, 0.1) is 29.1 Å². The second kappa shape index (κ2) is 5.87. The molecule has 0 fully saturated rings. The van der Waals surface area contributed by atoms with Crippen LogP contribution in [0.3, 0.4) is 0 Å². The Balaban J connectivity index is 2.52. The molecule has 1 aromatic carbocycles. The number of hydrogen-bond donors (Lipinski definition) is 1. The third-order valence-electron chi connectivity index (χ3n) is 3.40. The first-order valence-corrected chi connectivity index (χ1v) is 6.43. The van der Waals surface area contributed by atoms with Gasteiger partial charge in [-0.25, -0.2) is 0 Å². The van der Waals surface area contributed by atoms with Crippen LogP contribution in [0.5, 0.6) is 0 Å². The zero-order chi connectivity index (χ0) is 17.3. The number of nitro groups is 1. The fourth-order valence-electron chi connectivity index (χ4n) is 2.44. The Morgan fingerprint density at radius 2 is 1.87 bits per heavy atom. The molecule has 23 heavy (non-hydrogen) atoms. The minimum Gasteiger partial charge on any atom is -0.548 e. The summed E-state index contributed by atoms with van der Waals surface area (Å²) >= 11 is 0. The number of carbonyl (C=O) groups excluding carboxylic acids is 3. The SMILES string of the molecule is CC(=O)C1=C(O)C(=O)N(CC(=O)[O-])[C@@H]1c1ccc([N+](=O)[O-])cc1. The van der Waals surface area contributed by atoms with E-state index in [-0.39, 0.29) is 16.8 Å². The predicted octanol–water partition coefficient (Wildman–Crippen LogP) is -0.371. The van der Waals surface area contributed by atoms with Gasteiger partial charge in [-0.3, -0.25) is 19.7 Å². The van der Waals surface area contributed by atoms with Crippen LogP contribution in [0.2, 0.25) is 0 Å². The van der Waals surface area contributed by atoms with E-state index in [9.17, 15) is 34.7 Å². The van der Waals surface area contributed by atoms with Crippen LogP contribution < -0.4 is 5.11 Å². The van der Waals surface area contributed by atoms with Crippen LogP contribution in [0, 0.1) is 10.1 Å². The van der Waals surface area contributed by atoms with Gasteiger partial charge in [-0.1, -0.05) is 0 Å². The van der Waals surface area contributed by atoms with Gasteiger partial charge in [0.15, 0.2) is 11.5 Å². The second-order valence-electron chi connectivity index (χ2n) is 4.87. The molecule has 1 aromatic rings. The van der Waals surface area contributed by atoms with Crippen molar-refractivity contribution in [1.82, 2.24) is 4.90 Å². The van der Waals surface area contributed by atoms with Crippen LogP contribution in [0.15, 0.2) is 35.6 Å². The number of rotatable bonds is 5. The van der Waals surface area contributed by atoms with Gasteiger partial charge in [-0.05, 0) is 24.6 Å². The molecule has 9 heteroatoms. The number of non-ortho nitro benzene ring substituents is 1. The predicted molar refractivity (Wildman–Crippen MR) is 72.9 cm³/mol. The lowest BCUT2D eigenvalue weighted by Crippen LogP contribution is -2.41. The number of aliphatic carboxylic acids is 1. The molecular weight excluding hydrogens is 308 g/mol. The highest BCUT2D eigenvalue weighted by molar-refractivity contribution is 6.08. The Bertz CT molecular complexity index is 736. The Morgan fingerprint density at radius 1 is 1.30 bits per heavy atom.